The number of carbonyl (C=O) groups is 1. The monoisotopic (exact) mass is 281 g/mol. The maximum atomic E-state index is 13.6. The molecule has 106 valence electrons. The molecule has 3 N–H and O–H groups in total. The number of benzene rings is 1. The minimum Gasteiger partial charge on any atom is -0.325 e. The molecule has 2 rings (SSSR count). The zero-order valence-electron chi connectivity index (χ0n) is 10.7. The van der Waals surface area contributed by atoms with Crippen LogP contribution < -0.4 is 11.1 Å². The van der Waals surface area contributed by atoms with Crippen molar-refractivity contribution in [2.75, 3.05) is 5.32 Å². The van der Waals surface area contributed by atoms with Crippen molar-refractivity contribution >= 4 is 11.6 Å². The molecule has 8 heteroatoms. The van der Waals surface area contributed by atoms with Crippen LogP contribution in [0.15, 0.2) is 18.3 Å². The smallest absolute Gasteiger partial charge is 0.246 e. The number of aryl methyl sites for hydroxylation is 1. The van der Waals surface area contributed by atoms with Crippen LogP contribution in [0.5, 0.6) is 0 Å². The number of aromatic nitrogens is 3. The van der Waals surface area contributed by atoms with Gasteiger partial charge in [-0.2, -0.15) is 0 Å². The molecule has 0 bridgehead atoms. The van der Waals surface area contributed by atoms with Gasteiger partial charge in [-0.1, -0.05) is 5.21 Å². The normalized spacial score (nSPS) is 10.6. The number of anilines is 1. The van der Waals surface area contributed by atoms with Crippen LogP contribution in [0.2, 0.25) is 0 Å². The van der Waals surface area contributed by atoms with Gasteiger partial charge in [-0.3, -0.25) is 4.79 Å². The standard InChI is InChI=1S/C12H13F2N5O/c1-7-2-10(14)11(3-9(7)13)16-12(20)6-19-5-8(4-15)17-18-19/h2-3,5H,4,6,15H2,1H3,(H,16,20). The van der Waals surface area contributed by atoms with Gasteiger partial charge in [0.15, 0.2) is 0 Å². The van der Waals surface area contributed by atoms with E-state index in [9.17, 15) is 13.6 Å². The summed E-state index contributed by atoms with van der Waals surface area (Å²) in [5.41, 5.74) is 5.85. The lowest BCUT2D eigenvalue weighted by Crippen LogP contribution is -2.20. The first-order valence-corrected chi connectivity index (χ1v) is 5.84. The van der Waals surface area contributed by atoms with E-state index in [-0.39, 0.29) is 24.3 Å². The van der Waals surface area contributed by atoms with E-state index in [1.165, 1.54) is 17.8 Å². The summed E-state index contributed by atoms with van der Waals surface area (Å²) in [6.45, 7) is 1.48. The summed E-state index contributed by atoms with van der Waals surface area (Å²) in [5, 5.41) is 9.67. The number of hydrogen-bond donors (Lipinski definition) is 2. The molecule has 0 radical (unpaired) electrons. The highest BCUT2D eigenvalue weighted by Gasteiger charge is 2.11. The Morgan fingerprint density at radius 2 is 2.15 bits per heavy atom. The summed E-state index contributed by atoms with van der Waals surface area (Å²) in [4.78, 5) is 11.7. The van der Waals surface area contributed by atoms with Crippen LogP contribution in [0, 0.1) is 18.6 Å². The van der Waals surface area contributed by atoms with Gasteiger partial charge in [-0.15, -0.1) is 5.10 Å². The maximum absolute atomic E-state index is 13.6. The molecule has 0 atom stereocenters. The molecular formula is C12H13F2N5O. The fourth-order valence-corrected chi connectivity index (χ4v) is 1.59. The minimum atomic E-state index is -0.696. The van der Waals surface area contributed by atoms with Crippen LogP contribution >= 0.6 is 0 Å². The molecule has 6 nitrogen and oxygen atoms in total. The fraction of sp³-hybridized carbons (Fsp3) is 0.250. The molecule has 0 aliphatic rings. The van der Waals surface area contributed by atoms with Crippen molar-refractivity contribution in [1.82, 2.24) is 15.0 Å². The van der Waals surface area contributed by atoms with Crippen LogP contribution in [-0.2, 0) is 17.9 Å². The number of carbonyl (C=O) groups excluding carboxylic acids is 1. The molecule has 0 saturated carbocycles. The maximum Gasteiger partial charge on any atom is 0.246 e. The number of halogens is 2. The van der Waals surface area contributed by atoms with E-state index in [2.05, 4.69) is 15.6 Å². The predicted octanol–water partition coefficient (Wildman–Crippen LogP) is 0.962. The summed E-state index contributed by atoms with van der Waals surface area (Å²) in [6, 6.07) is 1.96. The second-order valence-electron chi connectivity index (χ2n) is 4.24. The first-order chi connectivity index (χ1) is 9.49. The van der Waals surface area contributed by atoms with E-state index < -0.39 is 17.5 Å². The van der Waals surface area contributed by atoms with E-state index in [1.807, 2.05) is 0 Å². The number of nitrogens with zero attached hydrogens (tertiary/aromatic N) is 3. The van der Waals surface area contributed by atoms with Gasteiger partial charge >= 0.3 is 0 Å². The van der Waals surface area contributed by atoms with E-state index in [0.29, 0.717) is 5.69 Å². The third-order valence-corrected chi connectivity index (χ3v) is 2.62. The van der Waals surface area contributed by atoms with Gasteiger partial charge in [0.2, 0.25) is 5.91 Å². The SMILES string of the molecule is Cc1cc(F)c(NC(=O)Cn2cc(CN)nn2)cc1F. The molecular weight excluding hydrogens is 268 g/mol. The number of amides is 1. The minimum absolute atomic E-state index is 0.165. The Hall–Kier alpha value is -2.35. The van der Waals surface area contributed by atoms with Crippen molar-refractivity contribution in [3.63, 3.8) is 0 Å². The molecule has 20 heavy (non-hydrogen) atoms. The summed E-state index contributed by atoms with van der Waals surface area (Å²) < 4.78 is 28.1. The summed E-state index contributed by atoms with van der Waals surface area (Å²) in [7, 11) is 0. The second-order valence-corrected chi connectivity index (χ2v) is 4.24. The lowest BCUT2D eigenvalue weighted by molar-refractivity contribution is -0.116. The van der Waals surface area contributed by atoms with Crippen molar-refractivity contribution in [3.8, 4) is 0 Å². The molecule has 0 aliphatic heterocycles. The van der Waals surface area contributed by atoms with E-state index in [1.54, 1.807) is 0 Å². The van der Waals surface area contributed by atoms with Crippen molar-refractivity contribution in [2.24, 2.45) is 5.73 Å². The number of nitrogens with one attached hydrogen (secondary N) is 1. The van der Waals surface area contributed by atoms with Gasteiger partial charge in [0.05, 0.1) is 17.6 Å². The van der Waals surface area contributed by atoms with Gasteiger partial charge in [0.1, 0.15) is 18.2 Å². The van der Waals surface area contributed by atoms with Crippen LogP contribution in [-0.4, -0.2) is 20.9 Å². The number of rotatable bonds is 4. The highest BCUT2D eigenvalue weighted by Crippen LogP contribution is 2.18. The first-order valence-electron chi connectivity index (χ1n) is 5.84. The van der Waals surface area contributed by atoms with Gasteiger partial charge < -0.3 is 11.1 Å². The van der Waals surface area contributed by atoms with Gasteiger partial charge in [0, 0.05) is 12.6 Å². The van der Waals surface area contributed by atoms with Crippen molar-refractivity contribution in [2.45, 2.75) is 20.0 Å². The third-order valence-electron chi connectivity index (χ3n) is 2.62. The van der Waals surface area contributed by atoms with Crippen LogP contribution in [0.1, 0.15) is 11.3 Å². The zero-order chi connectivity index (χ0) is 14.7. The highest BCUT2D eigenvalue weighted by molar-refractivity contribution is 5.90. The van der Waals surface area contributed by atoms with Crippen LogP contribution in [0.4, 0.5) is 14.5 Å². The largest absolute Gasteiger partial charge is 0.325 e. The Kier molecular flexibility index (Phi) is 4.04. The molecule has 1 heterocycles. The molecule has 2 aromatic rings. The Labute approximate surface area is 113 Å². The van der Waals surface area contributed by atoms with Gasteiger partial charge in [0.25, 0.3) is 0 Å². The van der Waals surface area contributed by atoms with E-state index in [0.717, 1.165) is 12.1 Å². The Bertz CT molecular complexity index is 641. The Balaban J connectivity index is 2.06. The molecule has 1 amide bonds. The van der Waals surface area contributed by atoms with E-state index in [4.69, 9.17) is 5.73 Å². The molecule has 0 fully saturated rings. The molecule has 0 spiro atoms. The van der Waals surface area contributed by atoms with Crippen molar-refractivity contribution < 1.29 is 13.6 Å². The molecule has 1 aromatic carbocycles. The number of hydrogen-bond acceptors (Lipinski definition) is 4. The van der Waals surface area contributed by atoms with Crippen molar-refractivity contribution in [1.29, 1.82) is 0 Å². The van der Waals surface area contributed by atoms with Crippen molar-refractivity contribution in [3.05, 3.63) is 41.2 Å². The summed E-state index contributed by atoms with van der Waals surface area (Å²) in [5.74, 6) is -1.83. The molecule has 0 saturated heterocycles. The Morgan fingerprint density at radius 1 is 1.40 bits per heavy atom. The Morgan fingerprint density at radius 3 is 2.80 bits per heavy atom. The summed E-state index contributed by atoms with van der Waals surface area (Å²) >= 11 is 0. The average molecular weight is 281 g/mol. The molecule has 1 aromatic heterocycles. The lowest BCUT2D eigenvalue weighted by Gasteiger charge is -2.07. The van der Waals surface area contributed by atoms with Crippen LogP contribution in [0.25, 0.3) is 0 Å². The number of nitrogens with two attached hydrogens (primary N) is 1. The fourth-order valence-electron chi connectivity index (χ4n) is 1.59. The zero-order valence-corrected chi connectivity index (χ0v) is 10.7. The molecule has 0 aliphatic carbocycles. The highest BCUT2D eigenvalue weighted by atomic mass is 19.1. The van der Waals surface area contributed by atoms with Crippen LogP contribution in [0.3, 0.4) is 0 Å². The third kappa shape index (κ3) is 3.15. The average Bonchev–Trinajstić information content (AvgIpc) is 2.83. The van der Waals surface area contributed by atoms with Gasteiger partial charge in [-0.25, -0.2) is 13.5 Å². The first kappa shape index (κ1) is 14.1. The topological polar surface area (TPSA) is 85.8 Å². The second kappa shape index (κ2) is 5.74. The summed E-state index contributed by atoms with van der Waals surface area (Å²) in [6.07, 6.45) is 1.51. The van der Waals surface area contributed by atoms with E-state index >= 15 is 0 Å². The van der Waals surface area contributed by atoms with Gasteiger partial charge in [-0.05, 0) is 18.6 Å². The quantitative estimate of drug-likeness (QED) is 0.874. The predicted molar refractivity (Wildman–Crippen MR) is 67.6 cm³/mol. The molecule has 0 unspecified atom stereocenters. The lowest BCUT2D eigenvalue weighted by atomic mass is 10.2.